The molecular weight excluding hydrogens is 204 g/mol. The second-order valence-electron chi connectivity index (χ2n) is 3.14. The Morgan fingerprint density at radius 3 is 2.79 bits per heavy atom. The SMILES string of the molecule is CC(=O)S[C@H]1CO[C@@H]2CCO[C@H]12.CO. The summed E-state index contributed by atoms with van der Waals surface area (Å²) in [4.78, 5) is 10.8. The van der Waals surface area contributed by atoms with Crippen LogP contribution in [0.4, 0.5) is 0 Å². The second kappa shape index (κ2) is 5.70. The lowest BCUT2D eigenvalue weighted by Gasteiger charge is -2.12. The minimum absolute atomic E-state index is 0.153. The van der Waals surface area contributed by atoms with Crippen LogP contribution in [0.3, 0.4) is 0 Å². The lowest BCUT2D eigenvalue weighted by Crippen LogP contribution is -2.25. The van der Waals surface area contributed by atoms with Crippen LogP contribution in [0.15, 0.2) is 0 Å². The standard InChI is InChI=1S/C8H12O3S.CH4O/c1-5(9)12-7-4-11-6-2-3-10-8(6)7;1-2/h6-8H,2-4H2,1H3;2H,1H3/t6-,7+,8+;/m1./s1. The molecule has 5 heteroatoms. The van der Waals surface area contributed by atoms with Crippen LogP contribution in [0.25, 0.3) is 0 Å². The van der Waals surface area contributed by atoms with Crippen LogP contribution in [-0.2, 0) is 14.3 Å². The first-order chi connectivity index (χ1) is 6.77. The molecule has 2 aliphatic heterocycles. The summed E-state index contributed by atoms with van der Waals surface area (Å²) in [6.07, 6.45) is 1.40. The van der Waals surface area contributed by atoms with Gasteiger partial charge < -0.3 is 14.6 Å². The predicted molar refractivity (Wildman–Crippen MR) is 54.3 cm³/mol. The Morgan fingerprint density at radius 1 is 1.43 bits per heavy atom. The van der Waals surface area contributed by atoms with Gasteiger partial charge in [-0.05, 0) is 6.42 Å². The van der Waals surface area contributed by atoms with Crippen molar-refractivity contribution in [3.05, 3.63) is 0 Å². The van der Waals surface area contributed by atoms with Crippen LogP contribution in [0, 0.1) is 0 Å². The highest BCUT2D eigenvalue weighted by Crippen LogP contribution is 2.33. The van der Waals surface area contributed by atoms with Crippen molar-refractivity contribution >= 4 is 16.9 Å². The largest absolute Gasteiger partial charge is 0.400 e. The molecule has 0 aromatic heterocycles. The van der Waals surface area contributed by atoms with E-state index in [1.165, 1.54) is 11.8 Å². The number of fused-ring (bicyclic) bond motifs is 1. The van der Waals surface area contributed by atoms with E-state index in [1.54, 1.807) is 6.92 Å². The number of carbonyl (C=O) groups is 1. The molecule has 1 N–H and O–H groups in total. The molecule has 0 bridgehead atoms. The molecule has 0 amide bonds. The Labute approximate surface area is 88.0 Å². The number of thioether (sulfide) groups is 1. The third kappa shape index (κ3) is 2.70. The van der Waals surface area contributed by atoms with Crippen LogP contribution in [0.1, 0.15) is 13.3 Å². The van der Waals surface area contributed by atoms with Gasteiger partial charge in [-0.2, -0.15) is 0 Å². The molecule has 0 radical (unpaired) electrons. The molecule has 0 spiro atoms. The smallest absolute Gasteiger partial charge is 0.186 e. The first kappa shape index (κ1) is 12.0. The maximum Gasteiger partial charge on any atom is 0.186 e. The Morgan fingerprint density at radius 2 is 2.14 bits per heavy atom. The first-order valence-electron chi connectivity index (χ1n) is 4.62. The van der Waals surface area contributed by atoms with Crippen molar-refractivity contribution in [3.63, 3.8) is 0 Å². The highest BCUT2D eigenvalue weighted by molar-refractivity contribution is 8.14. The van der Waals surface area contributed by atoms with Gasteiger partial charge in [0.25, 0.3) is 0 Å². The summed E-state index contributed by atoms with van der Waals surface area (Å²) >= 11 is 1.35. The van der Waals surface area contributed by atoms with E-state index in [0.29, 0.717) is 6.61 Å². The van der Waals surface area contributed by atoms with E-state index in [9.17, 15) is 4.79 Å². The zero-order valence-electron chi connectivity index (χ0n) is 8.43. The van der Waals surface area contributed by atoms with E-state index in [4.69, 9.17) is 14.6 Å². The Hall–Kier alpha value is -0.100. The molecule has 0 aliphatic carbocycles. The summed E-state index contributed by atoms with van der Waals surface area (Å²) in [5.74, 6) is 0. The van der Waals surface area contributed by atoms with E-state index in [-0.39, 0.29) is 22.6 Å². The number of hydrogen-bond donors (Lipinski definition) is 1. The molecule has 2 fully saturated rings. The molecular formula is C9H16O4S. The minimum atomic E-state index is 0.153. The Kier molecular flexibility index (Phi) is 4.88. The van der Waals surface area contributed by atoms with Crippen molar-refractivity contribution in [2.75, 3.05) is 20.3 Å². The van der Waals surface area contributed by atoms with Gasteiger partial charge in [0.1, 0.15) is 0 Å². The fourth-order valence-corrected chi connectivity index (χ4v) is 2.71. The number of carbonyl (C=O) groups excluding carboxylic acids is 1. The summed E-state index contributed by atoms with van der Waals surface area (Å²) in [6.45, 7) is 3.04. The molecule has 2 heterocycles. The fourth-order valence-electron chi connectivity index (χ4n) is 1.74. The molecule has 4 nitrogen and oxygen atoms in total. The second-order valence-corrected chi connectivity index (χ2v) is 4.56. The third-order valence-corrected chi connectivity index (χ3v) is 3.28. The number of ether oxygens (including phenoxy) is 2. The van der Waals surface area contributed by atoms with Gasteiger partial charge in [0, 0.05) is 20.6 Å². The molecule has 2 aliphatic rings. The number of aliphatic hydroxyl groups excluding tert-OH is 1. The summed E-state index contributed by atoms with van der Waals surface area (Å²) in [7, 11) is 1.00. The van der Waals surface area contributed by atoms with Crippen molar-refractivity contribution in [3.8, 4) is 0 Å². The van der Waals surface area contributed by atoms with Crippen LogP contribution in [0.5, 0.6) is 0 Å². The van der Waals surface area contributed by atoms with Crippen molar-refractivity contribution in [1.82, 2.24) is 0 Å². The summed E-state index contributed by atoms with van der Waals surface area (Å²) in [5.41, 5.74) is 0. The third-order valence-electron chi connectivity index (χ3n) is 2.24. The van der Waals surface area contributed by atoms with Crippen molar-refractivity contribution in [1.29, 1.82) is 0 Å². The van der Waals surface area contributed by atoms with Gasteiger partial charge in [-0.1, -0.05) is 11.8 Å². The number of aliphatic hydroxyl groups is 1. The van der Waals surface area contributed by atoms with Gasteiger partial charge in [0.2, 0.25) is 0 Å². The maximum absolute atomic E-state index is 10.8. The molecule has 2 saturated heterocycles. The molecule has 2 rings (SSSR count). The van der Waals surface area contributed by atoms with Crippen LogP contribution < -0.4 is 0 Å². The van der Waals surface area contributed by atoms with Gasteiger partial charge >= 0.3 is 0 Å². The molecule has 0 aromatic rings. The van der Waals surface area contributed by atoms with Gasteiger partial charge in [-0.25, -0.2) is 0 Å². The Bertz CT molecular complexity index is 197. The highest BCUT2D eigenvalue weighted by Gasteiger charge is 2.42. The lowest BCUT2D eigenvalue weighted by molar-refractivity contribution is -0.109. The normalized spacial score (nSPS) is 34.6. The number of rotatable bonds is 1. The molecule has 0 aromatic carbocycles. The minimum Gasteiger partial charge on any atom is -0.400 e. The first-order valence-corrected chi connectivity index (χ1v) is 5.50. The Balaban J connectivity index is 0.000000461. The monoisotopic (exact) mass is 220 g/mol. The molecule has 0 unspecified atom stereocenters. The van der Waals surface area contributed by atoms with Crippen LogP contribution in [-0.4, -0.2) is 48.0 Å². The van der Waals surface area contributed by atoms with E-state index < -0.39 is 0 Å². The van der Waals surface area contributed by atoms with Gasteiger partial charge in [0.05, 0.1) is 24.1 Å². The van der Waals surface area contributed by atoms with Crippen molar-refractivity contribution in [2.24, 2.45) is 0 Å². The molecule has 3 atom stereocenters. The summed E-state index contributed by atoms with van der Waals surface area (Å²) < 4.78 is 11.0. The quantitative estimate of drug-likeness (QED) is 0.694. The maximum atomic E-state index is 10.8. The zero-order valence-corrected chi connectivity index (χ0v) is 9.25. The fraction of sp³-hybridized carbons (Fsp3) is 0.889. The average Bonchev–Trinajstić information content (AvgIpc) is 2.73. The van der Waals surface area contributed by atoms with E-state index in [1.807, 2.05) is 0 Å². The lowest BCUT2D eigenvalue weighted by atomic mass is 10.2. The van der Waals surface area contributed by atoms with E-state index >= 15 is 0 Å². The summed E-state index contributed by atoms with van der Waals surface area (Å²) in [5, 5.41) is 7.38. The van der Waals surface area contributed by atoms with Crippen LogP contribution >= 0.6 is 11.8 Å². The van der Waals surface area contributed by atoms with E-state index in [2.05, 4.69) is 0 Å². The zero-order chi connectivity index (χ0) is 10.6. The van der Waals surface area contributed by atoms with Gasteiger partial charge in [-0.15, -0.1) is 0 Å². The molecule has 0 saturated carbocycles. The highest BCUT2D eigenvalue weighted by atomic mass is 32.2. The topological polar surface area (TPSA) is 55.8 Å². The molecule has 82 valence electrons. The average molecular weight is 220 g/mol. The summed E-state index contributed by atoms with van der Waals surface area (Å²) in [6, 6.07) is 0. The van der Waals surface area contributed by atoms with Crippen molar-refractivity contribution < 1.29 is 19.4 Å². The van der Waals surface area contributed by atoms with Gasteiger partial charge in [0.15, 0.2) is 5.12 Å². The van der Waals surface area contributed by atoms with Gasteiger partial charge in [-0.3, -0.25) is 4.79 Å². The molecule has 14 heavy (non-hydrogen) atoms. The van der Waals surface area contributed by atoms with E-state index in [0.717, 1.165) is 20.1 Å². The predicted octanol–water partition coefficient (Wildman–Crippen LogP) is 0.431. The number of hydrogen-bond acceptors (Lipinski definition) is 5. The van der Waals surface area contributed by atoms with Crippen LogP contribution in [0.2, 0.25) is 0 Å². The van der Waals surface area contributed by atoms with Crippen molar-refractivity contribution in [2.45, 2.75) is 30.8 Å².